The van der Waals surface area contributed by atoms with Crippen molar-refractivity contribution in [2.45, 2.75) is 58.1 Å². The molecule has 10 heteroatoms. The number of carbonyl (C=O) groups is 5. The largest absolute Gasteiger partial charge is 0.444 e. The maximum Gasteiger partial charge on any atom is 0.410 e. The molecule has 0 radical (unpaired) electrons. The Morgan fingerprint density at radius 1 is 1.15 bits per heavy atom. The lowest BCUT2D eigenvalue weighted by molar-refractivity contribution is -0.136. The third-order valence-electron chi connectivity index (χ3n) is 5.57. The van der Waals surface area contributed by atoms with Gasteiger partial charge < -0.3 is 14.4 Å². The molecule has 3 rings (SSSR count). The number of imide groups is 2. The van der Waals surface area contributed by atoms with Crippen LogP contribution in [-0.2, 0) is 25.5 Å². The zero-order chi connectivity index (χ0) is 25.0. The number of ether oxygens (including phenoxy) is 2. The highest BCUT2D eigenvalue weighted by Crippen LogP contribution is 2.30. The Kier molecular flexibility index (Phi) is 7.71. The second kappa shape index (κ2) is 10.3. The first-order chi connectivity index (χ1) is 16.0. The van der Waals surface area contributed by atoms with Gasteiger partial charge in [0.25, 0.3) is 11.8 Å². The third kappa shape index (κ3) is 5.80. The molecule has 1 aromatic rings. The molecule has 0 aromatic heterocycles. The lowest BCUT2D eigenvalue weighted by atomic mass is 9.99. The minimum absolute atomic E-state index is 0.0805. The van der Waals surface area contributed by atoms with E-state index in [2.05, 4.69) is 5.32 Å². The summed E-state index contributed by atoms with van der Waals surface area (Å²) in [6, 6.07) is 4.09. The average Bonchev–Trinajstić information content (AvgIpc) is 3.00. The van der Waals surface area contributed by atoms with Gasteiger partial charge in [-0.3, -0.25) is 29.4 Å². The van der Waals surface area contributed by atoms with Crippen LogP contribution in [-0.4, -0.2) is 78.0 Å². The average molecular weight is 474 g/mol. The van der Waals surface area contributed by atoms with E-state index in [0.717, 1.165) is 4.90 Å². The number of likely N-dealkylation sites (N-methyl/N-ethyl adjacent to an activating group) is 1. The van der Waals surface area contributed by atoms with E-state index in [1.807, 2.05) is 0 Å². The summed E-state index contributed by atoms with van der Waals surface area (Å²) in [7, 11) is 1.64. The van der Waals surface area contributed by atoms with Gasteiger partial charge in [0.15, 0.2) is 0 Å². The van der Waals surface area contributed by atoms with Crippen molar-refractivity contribution >= 4 is 29.7 Å². The van der Waals surface area contributed by atoms with E-state index >= 15 is 0 Å². The first-order valence-electron chi connectivity index (χ1n) is 11.3. The number of fused-ring (bicyclic) bond motifs is 1. The zero-order valence-corrected chi connectivity index (χ0v) is 20.0. The molecule has 0 bridgehead atoms. The van der Waals surface area contributed by atoms with E-state index in [1.54, 1.807) is 46.0 Å². The number of carbonyl (C=O) groups excluding carboxylic acids is 5. The van der Waals surface area contributed by atoms with Crippen molar-refractivity contribution in [1.29, 1.82) is 0 Å². The predicted octanol–water partition coefficient (Wildman–Crippen LogP) is 1.90. The van der Waals surface area contributed by atoms with E-state index < -0.39 is 41.4 Å². The van der Waals surface area contributed by atoms with Crippen LogP contribution in [0.5, 0.6) is 0 Å². The fourth-order valence-corrected chi connectivity index (χ4v) is 3.89. The van der Waals surface area contributed by atoms with Crippen molar-refractivity contribution in [3.8, 4) is 0 Å². The van der Waals surface area contributed by atoms with Crippen LogP contribution in [0.15, 0.2) is 18.2 Å². The van der Waals surface area contributed by atoms with Crippen LogP contribution in [0.3, 0.4) is 0 Å². The molecule has 1 N–H and O–H groups in total. The molecule has 1 atom stereocenters. The topological polar surface area (TPSA) is 122 Å². The SMILES string of the molecule is CN(CCOCCCc1cccc2c1C(=O)N(C1CCC(=O)NC1=O)C2=O)C(=O)OC(C)(C)C. The third-order valence-corrected chi connectivity index (χ3v) is 5.57. The van der Waals surface area contributed by atoms with Gasteiger partial charge in [0.2, 0.25) is 11.8 Å². The molecular formula is C24H31N3O7. The van der Waals surface area contributed by atoms with Gasteiger partial charge >= 0.3 is 6.09 Å². The standard InChI is InChI=1S/C24H31N3O7/c1-24(2,3)34-23(32)26(4)12-14-33-13-6-8-15-7-5-9-16-19(15)22(31)27(21(16)30)17-10-11-18(28)25-20(17)29/h5,7,9,17H,6,8,10-14H2,1-4H3,(H,25,28,29). The molecule has 0 spiro atoms. The van der Waals surface area contributed by atoms with Crippen molar-refractivity contribution in [2.75, 3.05) is 26.8 Å². The highest BCUT2D eigenvalue weighted by molar-refractivity contribution is 6.24. The minimum atomic E-state index is -0.983. The monoisotopic (exact) mass is 473 g/mol. The molecule has 1 aromatic carbocycles. The summed E-state index contributed by atoms with van der Waals surface area (Å²) >= 11 is 0. The Labute approximate surface area is 198 Å². The summed E-state index contributed by atoms with van der Waals surface area (Å²) in [6.07, 6.45) is 0.896. The van der Waals surface area contributed by atoms with Crippen LogP contribution in [0.2, 0.25) is 0 Å². The summed E-state index contributed by atoms with van der Waals surface area (Å²) in [5.41, 5.74) is 0.725. The molecule has 0 aliphatic carbocycles. The van der Waals surface area contributed by atoms with Gasteiger partial charge in [-0.15, -0.1) is 0 Å². The van der Waals surface area contributed by atoms with Crippen LogP contribution in [0, 0.1) is 0 Å². The molecule has 184 valence electrons. The predicted molar refractivity (Wildman–Crippen MR) is 121 cm³/mol. The van der Waals surface area contributed by atoms with E-state index in [4.69, 9.17) is 9.47 Å². The van der Waals surface area contributed by atoms with Crippen molar-refractivity contribution in [3.05, 3.63) is 34.9 Å². The minimum Gasteiger partial charge on any atom is -0.444 e. The number of hydrogen-bond acceptors (Lipinski definition) is 7. The van der Waals surface area contributed by atoms with Crippen LogP contribution >= 0.6 is 0 Å². The number of piperidine rings is 1. The number of aryl methyl sites for hydroxylation is 1. The van der Waals surface area contributed by atoms with Crippen molar-refractivity contribution in [3.63, 3.8) is 0 Å². The second-order valence-electron chi connectivity index (χ2n) is 9.40. The van der Waals surface area contributed by atoms with Crippen LogP contribution in [0.1, 0.15) is 66.3 Å². The number of nitrogens with zero attached hydrogens (tertiary/aromatic N) is 2. The molecule has 34 heavy (non-hydrogen) atoms. The second-order valence-corrected chi connectivity index (χ2v) is 9.40. The number of rotatable bonds is 8. The van der Waals surface area contributed by atoms with E-state index in [0.29, 0.717) is 43.7 Å². The number of nitrogens with one attached hydrogen (secondary N) is 1. The summed E-state index contributed by atoms with van der Waals surface area (Å²) in [5, 5.41) is 2.20. The molecular weight excluding hydrogens is 442 g/mol. The first-order valence-corrected chi connectivity index (χ1v) is 11.3. The summed E-state index contributed by atoms with van der Waals surface area (Å²) in [5.74, 6) is -2.06. The molecule has 10 nitrogen and oxygen atoms in total. The fraction of sp³-hybridized carbons (Fsp3) is 0.542. The fourth-order valence-electron chi connectivity index (χ4n) is 3.89. The smallest absolute Gasteiger partial charge is 0.410 e. The molecule has 2 heterocycles. The lowest BCUT2D eigenvalue weighted by Crippen LogP contribution is -2.54. The summed E-state index contributed by atoms with van der Waals surface area (Å²) in [6.45, 7) is 6.53. The van der Waals surface area contributed by atoms with E-state index in [1.165, 1.54) is 4.90 Å². The molecule has 0 saturated carbocycles. The van der Waals surface area contributed by atoms with Gasteiger partial charge in [-0.25, -0.2) is 4.79 Å². The van der Waals surface area contributed by atoms with Crippen LogP contribution in [0.4, 0.5) is 4.79 Å². The number of amides is 5. The molecule has 1 fully saturated rings. The maximum absolute atomic E-state index is 13.1. The van der Waals surface area contributed by atoms with Crippen LogP contribution in [0.25, 0.3) is 0 Å². The Bertz CT molecular complexity index is 999. The maximum atomic E-state index is 13.1. The first kappa shape index (κ1) is 25.4. The normalized spacial score (nSPS) is 18.1. The van der Waals surface area contributed by atoms with Gasteiger partial charge in [0, 0.05) is 26.6 Å². The molecule has 2 aliphatic heterocycles. The van der Waals surface area contributed by atoms with Gasteiger partial charge in [-0.1, -0.05) is 12.1 Å². The van der Waals surface area contributed by atoms with E-state index in [-0.39, 0.29) is 18.4 Å². The summed E-state index contributed by atoms with van der Waals surface area (Å²) in [4.78, 5) is 64.0. The van der Waals surface area contributed by atoms with Gasteiger partial charge in [0.05, 0.1) is 17.7 Å². The lowest BCUT2D eigenvalue weighted by Gasteiger charge is -2.27. The number of benzene rings is 1. The van der Waals surface area contributed by atoms with Crippen molar-refractivity contribution < 1.29 is 33.4 Å². The van der Waals surface area contributed by atoms with Gasteiger partial charge in [-0.05, 0) is 51.7 Å². The quantitative estimate of drug-likeness (QED) is 0.452. The van der Waals surface area contributed by atoms with Crippen molar-refractivity contribution in [1.82, 2.24) is 15.1 Å². The molecule has 1 unspecified atom stereocenters. The highest BCUT2D eigenvalue weighted by Gasteiger charge is 2.45. The highest BCUT2D eigenvalue weighted by atomic mass is 16.6. The molecule has 5 amide bonds. The van der Waals surface area contributed by atoms with Crippen LogP contribution < -0.4 is 5.32 Å². The molecule has 1 saturated heterocycles. The van der Waals surface area contributed by atoms with Gasteiger partial charge in [-0.2, -0.15) is 0 Å². The Hall–Kier alpha value is -3.27. The summed E-state index contributed by atoms with van der Waals surface area (Å²) < 4.78 is 10.9. The molecule has 2 aliphatic rings. The van der Waals surface area contributed by atoms with Gasteiger partial charge in [0.1, 0.15) is 11.6 Å². The zero-order valence-electron chi connectivity index (χ0n) is 20.0. The Balaban J connectivity index is 1.52. The van der Waals surface area contributed by atoms with Crippen molar-refractivity contribution in [2.24, 2.45) is 0 Å². The number of hydrogen-bond donors (Lipinski definition) is 1. The Morgan fingerprint density at radius 3 is 2.56 bits per heavy atom. The van der Waals surface area contributed by atoms with E-state index in [9.17, 15) is 24.0 Å². The Morgan fingerprint density at radius 2 is 1.88 bits per heavy atom.